The Morgan fingerprint density at radius 3 is 2.24 bits per heavy atom. The molecule has 1 atom stereocenters. The summed E-state index contributed by atoms with van der Waals surface area (Å²) in [6.07, 6.45) is 0. The van der Waals surface area contributed by atoms with Gasteiger partial charge in [-0.05, 0) is 55.2 Å². The third-order valence-corrected chi connectivity index (χ3v) is 5.59. The summed E-state index contributed by atoms with van der Waals surface area (Å²) < 4.78 is 25.0. The van der Waals surface area contributed by atoms with E-state index in [0.717, 1.165) is 22.3 Å². The molecule has 0 amide bonds. The van der Waals surface area contributed by atoms with Crippen LogP contribution in [-0.4, -0.2) is 14.2 Å². The first-order valence-electron chi connectivity index (χ1n) is 6.92. The molecule has 0 aliphatic heterocycles. The molecule has 0 saturated heterocycles. The van der Waals surface area contributed by atoms with Crippen LogP contribution in [0.2, 0.25) is 0 Å². The Hall–Kier alpha value is -1.65. The van der Waals surface area contributed by atoms with Gasteiger partial charge in [0.05, 0.1) is 10.6 Å². The van der Waals surface area contributed by atoms with Crippen LogP contribution >= 0.6 is 0 Å². The zero-order valence-corrected chi connectivity index (χ0v) is 13.4. The second kappa shape index (κ2) is 6.00. The lowest BCUT2D eigenvalue weighted by molar-refractivity contribution is 0.588. The minimum absolute atomic E-state index is 0.0830. The summed E-state index contributed by atoms with van der Waals surface area (Å²) in [4.78, 5) is 0.342. The Bertz CT molecular complexity index is 751. The zero-order chi connectivity index (χ0) is 15.6. The van der Waals surface area contributed by atoms with E-state index < -0.39 is 15.9 Å². The molecule has 0 radical (unpaired) electrons. The van der Waals surface area contributed by atoms with E-state index in [1.165, 1.54) is 0 Å². The number of hydrogen-bond acceptors (Lipinski definition) is 3. The van der Waals surface area contributed by atoms with Crippen molar-refractivity contribution < 1.29 is 8.42 Å². The van der Waals surface area contributed by atoms with Crippen molar-refractivity contribution in [2.75, 3.05) is 5.75 Å². The lowest BCUT2D eigenvalue weighted by Gasteiger charge is -2.15. The predicted octanol–water partition coefficient (Wildman–Crippen LogP) is 3.09. The largest absolute Gasteiger partial charge is 0.323 e. The van der Waals surface area contributed by atoms with Crippen molar-refractivity contribution in [3.63, 3.8) is 0 Å². The van der Waals surface area contributed by atoms with E-state index in [4.69, 9.17) is 5.73 Å². The Labute approximate surface area is 126 Å². The summed E-state index contributed by atoms with van der Waals surface area (Å²) in [5, 5.41) is 0. The van der Waals surface area contributed by atoms with E-state index in [1.807, 2.05) is 51.1 Å². The molecule has 1 unspecified atom stereocenters. The second-order valence-corrected chi connectivity index (χ2v) is 7.52. The quantitative estimate of drug-likeness (QED) is 0.944. The molecule has 2 rings (SSSR count). The van der Waals surface area contributed by atoms with Gasteiger partial charge in [-0.2, -0.15) is 0 Å². The highest BCUT2D eigenvalue weighted by Crippen LogP contribution is 2.22. The maximum Gasteiger partial charge on any atom is 0.180 e. The number of nitrogens with two attached hydrogens (primary N) is 1. The molecule has 112 valence electrons. The van der Waals surface area contributed by atoms with Crippen LogP contribution in [0.1, 0.15) is 28.3 Å². The standard InChI is InChI=1S/C17H21NO2S/c1-12-8-9-15(10-14(12)3)21(19,20)11-17(18)16-7-5-4-6-13(16)2/h4-10,17H,11,18H2,1-3H3. The molecule has 0 heterocycles. The minimum Gasteiger partial charge on any atom is -0.323 e. The predicted molar refractivity (Wildman–Crippen MR) is 86.1 cm³/mol. The van der Waals surface area contributed by atoms with Crippen LogP contribution in [-0.2, 0) is 9.84 Å². The fraction of sp³-hybridized carbons (Fsp3) is 0.294. The maximum absolute atomic E-state index is 12.5. The first kappa shape index (κ1) is 15.7. The molecule has 0 bridgehead atoms. The van der Waals surface area contributed by atoms with Crippen molar-refractivity contribution in [1.82, 2.24) is 0 Å². The number of sulfone groups is 1. The van der Waals surface area contributed by atoms with Gasteiger partial charge in [0.2, 0.25) is 0 Å². The first-order chi connectivity index (χ1) is 9.81. The van der Waals surface area contributed by atoms with E-state index in [9.17, 15) is 8.42 Å². The lowest BCUT2D eigenvalue weighted by atomic mass is 10.0. The fourth-order valence-electron chi connectivity index (χ4n) is 2.33. The van der Waals surface area contributed by atoms with E-state index >= 15 is 0 Å². The van der Waals surface area contributed by atoms with Crippen molar-refractivity contribution in [1.29, 1.82) is 0 Å². The molecular weight excluding hydrogens is 282 g/mol. The van der Waals surface area contributed by atoms with E-state index in [0.29, 0.717) is 4.90 Å². The first-order valence-corrected chi connectivity index (χ1v) is 8.57. The van der Waals surface area contributed by atoms with E-state index in [-0.39, 0.29) is 5.75 Å². The zero-order valence-electron chi connectivity index (χ0n) is 12.6. The second-order valence-electron chi connectivity index (χ2n) is 5.49. The molecule has 2 aromatic carbocycles. The topological polar surface area (TPSA) is 60.2 Å². The number of rotatable bonds is 4. The number of aryl methyl sites for hydroxylation is 3. The summed E-state index contributed by atoms with van der Waals surface area (Å²) in [5.74, 6) is -0.0830. The molecule has 2 aromatic rings. The minimum atomic E-state index is -3.39. The van der Waals surface area contributed by atoms with Crippen LogP contribution in [0.4, 0.5) is 0 Å². The van der Waals surface area contributed by atoms with Crippen LogP contribution in [0.25, 0.3) is 0 Å². The maximum atomic E-state index is 12.5. The average Bonchev–Trinajstić information content (AvgIpc) is 2.41. The molecule has 0 aliphatic rings. The average molecular weight is 303 g/mol. The molecule has 21 heavy (non-hydrogen) atoms. The number of hydrogen-bond donors (Lipinski definition) is 1. The highest BCUT2D eigenvalue weighted by molar-refractivity contribution is 7.91. The summed E-state index contributed by atoms with van der Waals surface area (Å²) in [6.45, 7) is 5.82. The third kappa shape index (κ3) is 3.52. The van der Waals surface area contributed by atoms with Crippen molar-refractivity contribution in [2.24, 2.45) is 5.73 Å². The lowest BCUT2D eigenvalue weighted by Crippen LogP contribution is -2.22. The number of benzene rings is 2. The Morgan fingerprint density at radius 2 is 1.62 bits per heavy atom. The van der Waals surface area contributed by atoms with Gasteiger partial charge < -0.3 is 5.73 Å². The van der Waals surface area contributed by atoms with Gasteiger partial charge in [-0.15, -0.1) is 0 Å². The normalized spacial score (nSPS) is 13.1. The summed E-state index contributed by atoms with van der Waals surface area (Å²) in [6, 6.07) is 12.3. The van der Waals surface area contributed by atoms with Gasteiger partial charge in [0.1, 0.15) is 0 Å². The molecule has 0 aromatic heterocycles. The van der Waals surface area contributed by atoms with E-state index in [2.05, 4.69) is 0 Å². The third-order valence-electron chi connectivity index (χ3n) is 3.82. The molecule has 0 saturated carbocycles. The molecule has 2 N–H and O–H groups in total. The van der Waals surface area contributed by atoms with Crippen LogP contribution in [0.15, 0.2) is 47.4 Å². The summed E-state index contributed by atoms with van der Waals surface area (Å²) in [5.41, 5.74) is 10.1. The molecule has 0 aliphatic carbocycles. The van der Waals surface area contributed by atoms with Gasteiger partial charge in [-0.25, -0.2) is 8.42 Å². The van der Waals surface area contributed by atoms with Crippen molar-refractivity contribution in [3.8, 4) is 0 Å². The Kier molecular flexibility index (Phi) is 4.49. The summed E-state index contributed by atoms with van der Waals surface area (Å²) >= 11 is 0. The highest BCUT2D eigenvalue weighted by atomic mass is 32.2. The Balaban J connectivity index is 2.29. The molecule has 0 spiro atoms. The van der Waals surface area contributed by atoms with Gasteiger partial charge in [0.25, 0.3) is 0 Å². The fourth-order valence-corrected chi connectivity index (χ4v) is 3.81. The van der Waals surface area contributed by atoms with Crippen LogP contribution in [0.5, 0.6) is 0 Å². The van der Waals surface area contributed by atoms with Gasteiger partial charge in [0.15, 0.2) is 9.84 Å². The van der Waals surface area contributed by atoms with Crippen molar-refractivity contribution in [3.05, 3.63) is 64.7 Å². The summed E-state index contributed by atoms with van der Waals surface area (Å²) in [7, 11) is -3.39. The van der Waals surface area contributed by atoms with Crippen molar-refractivity contribution in [2.45, 2.75) is 31.7 Å². The molecule has 0 fully saturated rings. The van der Waals surface area contributed by atoms with Crippen LogP contribution in [0, 0.1) is 20.8 Å². The van der Waals surface area contributed by atoms with Crippen LogP contribution in [0.3, 0.4) is 0 Å². The molecule has 4 heteroatoms. The van der Waals surface area contributed by atoms with Gasteiger partial charge >= 0.3 is 0 Å². The van der Waals surface area contributed by atoms with Crippen molar-refractivity contribution >= 4 is 9.84 Å². The smallest absolute Gasteiger partial charge is 0.180 e. The Morgan fingerprint density at radius 1 is 0.952 bits per heavy atom. The van der Waals surface area contributed by atoms with Gasteiger partial charge in [0, 0.05) is 6.04 Å². The van der Waals surface area contributed by atoms with Gasteiger partial charge in [-0.3, -0.25) is 0 Å². The molecular formula is C17H21NO2S. The van der Waals surface area contributed by atoms with Crippen LogP contribution < -0.4 is 5.73 Å². The molecule has 3 nitrogen and oxygen atoms in total. The highest BCUT2D eigenvalue weighted by Gasteiger charge is 2.21. The SMILES string of the molecule is Cc1ccc(S(=O)(=O)CC(N)c2ccccc2C)cc1C. The monoisotopic (exact) mass is 303 g/mol. The van der Waals surface area contributed by atoms with Gasteiger partial charge in [-0.1, -0.05) is 30.3 Å². The van der Waals surface area contributed by atoms with E-state index in [1.54, 1.807) is 12.1 Å².